The van der Waals surface area contributed by atoms with Gasteiger partial charge < -0.3 is 16.0 Å². The van der Waals surface area contributed by atoms with E-state index in [9.17, 15) is 46.0 Å². The number of nitriles is 1. The standard InChI is InChI=1S/C25H26F6N6O3S/c1-2-37-22(40)19(41-23(37)18(11-32)21(39)34-14-24(26,27)28)12-33-16-4-3-5-17(10-16)35-20(38)13-36-8-6-15(7-9-36)25(29,30)31/h3-5,10,12,15,33H,2,6-9,13-14H2,1H3,(H,34,39)(H,35,38). The van der Waals surface area contributed by atoms with Gasteiger partial charge in [-0.05, 0) is 51.1 Å². The summed E-state index contributed by atoms with van der Waals surface area (Å²) >= 11 is 0.745. The van der Waals surface area contributed by atoms with Crippen molar-refractivity contribution in [2.24, 2.45) is 5.92 Å². The van der Waals surface area contributed by atoms with Crippen molar-refractivity contribution in [3.63, 3.8) is 0 Å². The third kappa shape index (κ3) is 8.82. The van der Waals surface area contributed by atoms with Crippen LogP contribution in [0.5, 0.6) is 0 Å². The molecule has 1 fully saturated rings. The molecule has 1 aliphatic heterocycles. The molecule has 3 N–H and O–H groups in total. The molecule has 2 amide bonds. The van der Waals surface area contributed by atoms with Crippen molar-refractivity contribution in [1.29, 1.82) is 5.26 Å². The van der Waals surface area contributed by atoms with Crippen LogP contribution >= 0.6 is 11.3 Å². The van der Waals surface area contributed by atoms with E-state index in [2.05, 4.69) is 10.6 Å². The molecule has 1 aliphatic rings. The lowest BCUT2D eigenvalue weighted by Crippen LogP contribution is -2.42. The Morgan fingerprint density at radius 2 is 1.80 bits per heavy atom. The first-order chi connectivity index (χ1) is 19.2. The van der Waals surface area contributed by atoms with Crippen molar-refractivity contribution in [3.8, 4) is 6.07 Å². The number of hydrogen-bond acceptors (Lipinski definition) is 7. The van der Waals surface area contributed by atoms with E-state index in [0.717, 1.165) is 15.9 Å². The first-order valence-corrected chi connectivity index (χ1v) is 13.2. The zero-order chi connectivity index (χ0) is 30.4. The van der Waals surface area contributed by atoms with Crippen molar-refractivity contribution in [2.75, 3.05) is 36.8 Å². The van der Waals surface area contributed by atoms with Gasteiger partial charge in [-0.1, -0.05) is 6.07 Å². The fourth-order valence-corrected chi connectivity index (χ4v) is 5.20. The van der Waals surface area contributed by atoms with Gasteiger partial charge >= 0.3 is 12.4 Å². The summed E-state index contributed by atoms with van der Waals surface area (Å²) in [7, 11) is 0. The second-order valence-corrected chi connectivity index (χ2v) is 10.1. The minimum Gasteiger partial charge on any atom is -0.360 e. The van der Waals surface area contributed by atoms with Crippen LogP contribution in [0.1, 0.15) is 19.8 Å². The number of thiazole rings is 1. The van der Waals surface area contributed by atoms with E-state index in [0.29, 0.717) is 11.4 Å². The van der Waals surface area contributed by atoms with Crippen LogP contribution in [0.2, 0.25) is 0 Å². The number of nitrogens with one attached hydrogen (secondary N) is 3. The molecule has 2 heterocycles. The molecule has 1 saturated heterocycles. The number of piperidine rings is 1. The van der Waals surface area contributed by atoms with E-state index in [4.69, 9.17) is 0 Å². The summed E-state index contributed by atoms with van der Waals surface area (Å²) in [6.07, 6.45) is -7.75. The molecule has 1 aromatic heterocycles. The molecule has 0 unspecified atom stereocenters. The highest BCUT2D eigenvalue weighted by Crippen LogP contribution is 2.34. The van der Waals surface area contributed by atoms with Crippen LogP contribution < -0.4 is 30.7 Å². The first-order valence-electron chi connectivity index (χ1n) is 12.4. The lowest BCUT2D eigenvalue weighted by atomic mass is 9.96. The zero-order valence-corrected chi connectivity index (χ0v) is 22.5. The monoisotopic (exact) mass is 604 g/mol. The van der Waals surface area contributed by atoms with E-state index < -0.39 is 47.8 Å². The molecule has 3 rings (SSSR count). The van der Waals surface area contributed by atoms with Gasteiger partial charge in [-0.2, -0.15) is 31.6 Å². The number of likely N-dealkylation sites (tertiary alicyclic amines) is 1. The molecule has 9 nitrogen and oxygen atoms in total. The van der Waals surface area contributed by atoms with Crippen LogP contribution in [-0.4, -0.2) is 59.8 Å². The Hall–Kier alpha value is -3.84. The van der Waals surface area contributed by atoms with Crippen molar-refractivity contribution < 1.29 is 35.9 Å². The maximum absolute atomic E-state index is 12.8. The van der Waals surface area contributed by atoms with Gasteiger partial charge in [0.25, 0.3) is 11.5 Å². The van der Waals surface area contributed by atoms with Gasteiger partial charge in [0.1, 0.15) is 21.8 Å². The molecule has 0 radical (unpaired) electrons. The van der Waals surface area contributed by atoms with Crippen LogP contribution in [0.4, 0.5) is 37.7 Å². The molecular weight excluding hydrogens is 578 g/mol. The Bertz CT molecular complexity index is 1480. The number of anilines is 2. The van der Waals surface area contributed by atoms with Crippen LogP contribution in [-0.2, 0) is 16.1 Å². The van der Waals surface area contributed by atoms with Crippen LogP contribution in [0.15, 0.2) is 29.1 Å². The molecule has 222 valence electrons. The van der Waals surface area contributed by atoms with Crippen molar-refractivity contribution in [1.82, 2.24) is 14.8 Å². The van der Waals surface area contributed by atoms with Gasteiger partial charge in [0.15, 0.2) is 5.57 Å². The normalized spacial score (nSPS) is 16.2. The summed E-state index contributed by atoms with van der Waals surface area (Å²) in [4.78, 5) is 39.1. The molecule has 0 saturated carbocycles. The van der Waals surface area contributed by atoms with E-state index in [1.165, 1.54) is 6.20 Å². The minimum absolute atomic E-state index is 0.0473. The number of carbonyl (C=O) groups is 2. The highest BCUT2D eigenvalue weighted by Gasteiger charge is 2.41. The molecule has 41 heavy (non-hydrogen) atoms. The van der Waals surface area contributed by atoms with E-state index in [1.54, 1.807) is 47.5 Å². The number of carbonyl (C=O) groups excluding carboxylic acids is 2. The Kier molecular flexibility index (Phi) is 10.2. The van der Waals surface area contributed by atoms with Gasteiger partial charge in [-0.3, -0.25) is 23.9 Å². The Morgan fingerprint density at radius 1 is 1.15 bits per heavy atom. The molecule has 0 atom stereocenters. The van der Waals surface area contributed by atoms with Gasteiger partial charge in [0.2, 0.25) is 5.91 Å². The topological polar surface area (TPSA) is 119 Å². The van der Waals surface area contributed by atoms with Crippen molar-refractivity contribution in [2.45, 2.75) is 38.7 Å². The maximum atomic E-state index is 12.8. The highest BCUT2D eigenvalue weighted by molar-refractivity contribution is 7.07. The van der Waals surface area contributed by atoms with E-state index in [-0.39, 0.29) is 48.2 Å². The Morgan fingerprint density at radius 3 is 2.39 bits per heavy atom. The number of nitrogens with zero attached hydrogens (tertiary/aromatic N) is 3. The predicted molar refractivity (Wildman–Crippen MR) is 140 cm³/mol. The summed E-state index contributed by atoms with van der Waals surface area (Å²) in [6.45, 7) is 0.218. The number of hydrogen-bond donors (Lipinski definition) is 3. The van der Waals surface area contributed by atoms with Crippen LogP contribution in [0, 0.1) is 17.2 Å². The quantitative estimate of drug-likeness (QED) is 0.399. The van der Waals surface area contributed by atoms with E-state index in [1.807, 2.05) is 0 Å². The number of aromatic nitrogens is 1. The molecule has 1 aromatic carbocycles. The van der Waals surface area contributed by atoms with Gasteiger partial charge in [0, 0.05) is 24.1 Å². The largest absolute Gasteiger partial charge is 0.405 e. The number of benzene rings is 1. The summed E-state index contributed by atoms with van der Waals surface area (Å²) in [5.41, 5.74) is -0.378. The van der Waals surface area contributed by atoms with E-state index >= 15 is 0 Å². The van der Waals surface area contributed by atoms with Gasteiger partial charge in [-0.15, -0.1) is 11.3 Å². The minimum atomic E-state index is -4.68. The van der Waals surface area contributed by atoms with Gasteiger partial charge in [-0.25, -0.2) is 0 Å². The fraction of sp³-hybridized carbons (Fsp3) is 0.440. The average Bonchev–Trinajstić information content (AvgIpc) is 3.20. The van der Waals surface area contributed by atoms with Gasteiger partial charge in [0.05, 0.1) is 12.5 Å². The lowest BCUT2D eigenvalue weighted by Gasteiger charge is -2.32. The molecule has 0 spiro atoms. The van der Waals surface area contributed by atoms with Crippen molar-refractivity contribution in [3.05, 3.63) is 43.8 Å². The van der Waals surface area contributed by atoms with Crippen molar-refractivity contribution >= 4 is 46.3 Å². The predicted octanol–water partition coefficient (Wildman–Crippen LogP) is 2.35. The Labute approximate surface area is 233 Å². The summed E-state index contributed by atoms with van der Waals surface area (Å²) in [6, 6.07) is 7.95. The zero-order valence-electron chi connectivity index (χ0n) is 21.7. The second-order valence-electron chi connectivity index (χ2n) is 9.12. The van der Waals surface area contributed by atoms with Crippen LogP contribution in [0.25, 0.3) is 11.8 Å². The Balaban J connectivity index is 1.72. The molecule has 0 aliphatic carbocycles. The number of halogens is 6. The average molecular weight is 605 g/mol. The molecule has 0 bridgehead atoms. The number of alkyl halides is 6. The third-order valence-corrected chi connectivity index (χ3v) is 7.29. The highest BCUT2D eigenvalue weighted by atomic mass is 32.1. The second kappa shape index (κ2) is 13.2. The molecule has 16 heteroatoms. The molecule has 2 aromatic rings. The molecular formula is C25H26F6N6O3S. The number of amides is 2. The fourth-order valence-electron chi connectivity index (χ4n) is 4.11. The third-order valence-electron chi connectivity index (χ3n) is 6.16. The first kappa shape index (κ1) is 31.7. The summed E-state index contributed by atoms with van der Waals surface area (Å²) < 4.78 is 77.0. The lowest BCUT2D eigenvalue weighted by molar-refractivity contribution is -0.184. The summed E-state index contributed by atoms with van der Waals surface area (Å²) in [5.74, 6) is -3.03. The summed E-state index contributed by atoms with van der Waals surface area (Å²) in [5, 5.41) is 16.6. The maximum Gasteiger partial charge on any atom is 0.405 e. The SMILES string of the molecule is CCn1c(=C(C#N)C(=O)NCC(F)(F)F)sc(=CNc2cccc(NC(=O)CN3CCC(C(F)(F)F)CC3)c2)c1=O. The number of rotatable bonds is 8. The smallest absolute Gasteiger partial charge is 0.360 e. The van der Waals surface area contributed by atoms with Crippen LogP contribution in [0.3, 0.4) is 0 Å².